The molecule has 0 saturated carbocycles. The summed E-state index contributed by atoms with van der Waals surface area (Å²) in [4.78, 5) is 16.5. The van der Waals surface area contributed by atoms with Crippen LogP contribution in [0.25, 0.3) is 22.5 Å². The number of H-pyrrole nitrogens is 1. The molecule has 30 heavy (non-hydrogen) atoms. The normalized spacial score (nSPS) is 11.0. The smallest absolute Gasteiger partial charge is 0.217 e. The van der Waals surface area contributed by atoms with Crippen LogP contribution in [0.5, 0.6) is 0 Å². The van der Waals surface area contributed by atoms with Gasteiger partial charge in [-0.25, -0.2) is 14.8 Å². The molecule has 4 rings (SSSR count). The maximum Gasteiger partial charge on any atom is 0.217 e. The Morgan fingerprint density at radius 1 is 1.03 bits per heavy atom. The summed E-state index contributed by atoms with van der Waals surface area (Å²) in [6.45, 7) is 4.50. The van der Waals surface area contributed by atoms with Gasteiger partial charge in [-0.3, -0.25) is 4.79 Å². The topological polar surface area (TPSA) is 102 Å². The SMILES string of the molecule is CCCc1nc(C(=O)CC)nn1Cc1ccc(-c2ccccc2-c2nnn[nH]2)cc1. The van der Waals surface area contributed by atoms with Crippen molar-refractivity contribution >= 4 is 5.78 Å². The third-order valence-corrected chi connectivity index (χ3v) is 4.92. The molecule has 2 aromatic carbocycles. The number of Topliss-reactive ketones (excluding diaryl/α,β-unsaturated/α-hetero) is 1. The quantitative estimate of drug-likeness (QED) is 0.452. The molecule has 2 aromatic heterocycles. The van der Waals surface area contributed by atoms with Crippen LogP contribution in [-0.2, 0) is 13.0 Å². The van der Waals surface area contributed by atoms with Crippen LogP contribution in [0.4, 0.5) is 0 Å². The second-order valence-electron chi connectivity index (χ2n) is 7.03. The van der Waals surface area contributed by atoms with E-state index in [1.165, 1.54) is 0 Å². The van der Waals surface area contributed by atoms with Crippen LogP contribution < -0.4 is 0 Å². The third-order valence-electron chi connectivity index (χ3n) is 4.92. The standard InChI is InChI=1S/C22H23N7O/c1-3-7-20-23-22(19(30)4-2)26-29(20)14-15-10-12-16(13-11-15)17-8-5-6-9-18(17)21-24-27-28-25-21/h5-6,8-13H,3-4,7,14H2,1-2H3,(H,24,25,27,28). The first kappa shape index (κ1) is 19.6. The zero-order valence-electron chi connectivity index (χ0n) is 17.0. The molecule has 1 N–H and O–H groups in total. The predicted molar refractivity (Wildman–Crippen MR) is 113 cm³/mol. The first-order valence-corrected chi connectivity index (χ1v) is 10.1. The second-order valence-corrected chi connectivity index (χ2v) is 7.03. The van der Waals surface area contributed by atoms with Crippen LogP contribution in [0.1, 0.15) is 48.7 Å². The summed E-state index contributed by atoms with van der Waals surface area (Å²) in [5, 5.41) is 18.7. The lowest BCUT2D eigenvalue weighted by Crippen LogP contribution is -2.07. The molecule has 0 saturated heterocycles. The summed E-state index contributed by atoms with van der Waals surface area (Å²) in [7, 11) is 0. The first-order chi connectivity index (χ1) is 14.7. The van der Waals surface area contributed by atoms with Crippen LogP contribution in [-0.4, -0.2) is 41.2 Å². The van der Waals surface area contributed by atoms with E-state index in [-0.39, 0.29) is 5.78 Å². The van der Waals surface area contributed by atoms with E-state index in [0.717, 1.165) is 40.9 Å². The van der Waals surface area contributed by atoms with Gasteiger partial charge < -0.3 is 0 Å². The van der Waals surface area contributed by atoms with Gasteiger partial charge in [-0.2, -0.15) is 0 Å². The molecule has 0 amide bonds. The van der Waals surface area contributed by atoms with Gasteiger partial charge >= 0.3 is 0 Å². The Morgan fingerprint density at radius 2 is 1.80 bits per heavy atom. The minimum Gasteiger partial charge on any atom is -0.291 e. The molecular formula is C22H23N7O. The maximum absolute atomic E-state index is 12.0. The third kappa shape index (κ3) is 4.03. The van der Waals surface area contributed by atoms with E-state index >= 15 is 0 Å². The summed E-state index contributed by atoms with van der Waals surface area (Å²) < 4.78 is 1.84. The van der Waals surface area contributed by atoms with Crippen LogP contribution in [0, 0.1) is 0 Å². The lowest BCUT2D eigenvalue weighted by atomic mass is 9.98. The maximum atomic E-state index is 12.0. The van der Waals surface area contributed by atoms with Crippen molar-refractivity contribution in [1.29, 1.82) is 0 Å². The highest BCUT2D eigenvalue weighted by Crippen LogP contribution is 2.29. The number of aromatic nitrogens is 7. The average molecular weight is 401 g/mol. The Balaban J connectivity index is 1.60. The Hall–Kier alpha value is -3.68. The molecule has 0 unspecified atom stereocenters. The van der Waals surface area contributed by atoms with Crippen LogP contribution in [0.2, 0.25) is 0 Å². The van der Waals surface area contributed by atoms with E-state index in [4.69, 9.17) is 0 Å². The van der Waals surface area contributed by atoms with Gasteiger partial charge in [0.1, 0.15) is 5.82 Å². The molecule has 0 fully saturated rings. The summed E-state index contributed by atoms with van der Waals surface area (Å²) in [6, 6.07) is 16.3. The number of aryl methyl sites for hydroxylation is 1. The number of ketones is 1. The van der Waals surface area contributed by atoms with Crippen LogP contribution in [0.3, 0.4) is 0 Å². The fourth-order valence-corrected chi connectivity index (χ4v) is 3.36. The number of benzene rings is 2. The largest absolute Gasteiger partial charge is 0.291 e. The molecule has 0 bridgehead atoms. The number of carbonyl (C=O) groups excluding carboxylic acids is 1. The minimum atomic E-state index is -0.0278. The van der Waals surface area contributed by atoms with Gasteiger partial charge in [0.2, 0.25) is 11.6 Å². The number of hydrogen-bond acceptors (Lipinski definition) is 6. The number of rotatable bonds is 8. The fourth-order valence-electron chi connectivity index (χ4n) is 3.36. The van der Waals surface area contributed by atoms with Gasteiger partial charge in [0.25, 0.3) is 0 Å². The van der Waals surface area contributed by atoms with E-state index in [1.807, 2.05) is 35.9 Å². The van der Waals surface area contributed by atoms with Gasteiger partial charge in [-0.1, -0.05) is 62.4 Å². The van der Waals surface area contributed by atoms with Gasteiger partial charge in [0.05, 0.1) is 6.54 Å². The summed E-state index contributed by atoms with van der Waals surface area (Å²) in [6.07, 6.45) is 2.15. The van der Waals surface area contributed by atoms with E-state index in [9.17, 15) is 4.79 Å². The van der Waals surface area contributed by atoms with E-state index in [1.54, 1.807) is 0 Å². The molecule has 0 aliphatic carbocycles. The summed E-state index contributed by atoms with van der Waals surface area (Å²) in [5.41, 5.74) is 4.15. The van der Waals surface area contributed by atoms with E-state index in [2.05, 4.69) is 61.9 Å². The highest BCUT2D eigenvalue weighted by atomic mass is 16.1. The van der Waals surface area contributed by atoms with Crippen molar-refractivity contribution < 1.29 is 4.79 Å². The van der Waals surface area contributed by atoms with Crippen LogP contribution in [0.15, 0.2) is 48.5 Å². The molecule has 8 nitrogen and oxygen atoms in total. The number of carbonyl (C=O) groups is 1. The van der Waals surface area contributed by atoms with Gasteiger partial charge in [-0.15, -0.1) is 10.2 Å². The molecule has 0 aliphatic rings. The molecule has 0 aliphatic heterocycles. The Labute approximate surface area is 174 Å². The number of nitrogens with one attached hydrogen (secondary N) is 1. The zero-order chi connectivity index (χ0) is 20.9. The summed E-state index contributed by atoms with van der Waals surface area (Å²) in [5.74, 6) is 1.77. The van der Waals surface area contributed by atoms with Crippen molar-refractivity contribution in [2.24, 2.45) is 0 Å². The minimum absolute atomic E-state index is 0.0278. The second kappa shape index (κ2) is 8.77. The van der Waals surface area contributed by atoms with E-state index in [0.29, 0.717) is 24.6 Å². The monoisotopic (exact) mass is 401 g/mol. The van der Waals surface area contributed by atoms with Crippen molar-refractivity contribution in [1.82, 2.24) is 35.4 Å². The van der Waals surface area contributed by atoms with Gasteiger partial charge in [-0.05, 0) is 33.5 Å². The van der Waals surface area contributed by atoms with Crippen molar-refractivity contribution in [3.05, 3.63) is 65.7 Å². The van der Waals surface area contributed by atoms with Gasteiger partial charge in [0, 0.05) is 18.4 Å². The Kier molecular flexibility index (Phi) is 5.74. The van der Waals surface area contributed by atoms with E-state index < -0.39 is 0 Å². The lowest BCUT2D eigenvalue weighted by Gasteiger charge is -2.09. The van der Waals surface area contributed by atoms with Crippen molar-refractivity contribution in [3.63, 3.8) is 0 Å². The Bertz CT molecular complexity index is 1130. The zero-order valence-corrected chi connectivity index (χ0v) is 17.0. The molecule has 0 atom stereocenters. The lowest BCUT2D eigenvalue weighted by molar-refractivity contribution is 0.0978. The first-order valence-electron chi connectivity index (χ1n) is 10.1. The van der Waals surface area contributed by atoms with Crippen molar-refractivity contribution in [2.45, 2.75) is 39.7 Å². The predicted octanol–water partition coefficient (Wildman–Crippen LogP) is 3.72. The van der Waals surface area contributed by atoms with Crippen molar-refractivity contribution in [2.75, 3.05) is 0 Å². The number of aromatic amines is 1. The molecule has 0 spiro atoms. The summed E-state index contributed by atoms with van der Waals surface area (Å²) >= 11 is 0. The molecule has 8 heteroatoms. The highest BCUT2D eigenvalue weighted by molar-refractivity contribution is 5.92. The fraction of sp³-hybridized carbons (Fsp3) is 0.273. The molecular weight excluding hydrogens is 378 g/mol. The molecule has 152 valence electrons. The van der Waals surface area contributed by atoms with Crippen LogP contribution >= 0.6 is 0 Å². The molecule has 4 aromatic rings. The van der Waals surface area contributed by atoms with Crippen molar-refractivity contribution in [3.8, 4) is 22.5 Å². The Morgan fingerprint density at radius 3 is 2.47 bits per heavy atom. The average Bonchev–Trinajstić information content (AvgIpc) is 3.45. The number of hydrogen-bond donors (Lipinski definition) is 1. The number of nitrogens with zero attached hydrogens (tertiary/aromatic N) is 6. The highest BCUT2D eigenvalue weighted by Gasteiger charge is 2.15. The number of tetrazole rings is 1. The molecule has 2 heterocycles. The van der Waals surface area contributed by atoms with Gasteiger partial charge in [0.15, 0.2) is 5.82 Å². The molecule has 0 radical (unpaired) electrons.